The lowest BCUT2D eigenvalue weighted by Gasteiger charge is -2.33. The average Bonchev–Trinajstić information content (AvgIpc) is 3.25. The van der Waals surface area contributed by atoms with Gasteiger partial charge in [-0.15, -0.1) is 0 Å². The summed E-state index contributed by atoms with van der Waals surface area (Å²) in [6.45, 7) is 9.45. The third kappa shape index (κ3) is 18.3. The molecule has 35 heavy (non-hydrogen) atoms. The molecule has 0 aromatic carbocycles. The van der Waals surface area contributed by atoms with Gasteiger partial charge in [-0.25, -0.2) is 0 Å². The van der Waals surface area contributed by atoms with Gasteiger partial charge in [-0.1, -0.05) is 156 Å². The van der Waals surface area contributed by atoms with Crippen LogP contribution < -0.4 is 0 Å². The lowest BCUT2D eigenvalue weighted by molar-refractivity contribution is 0.135. The summed E-state index contributed by atoms with van der Waals surface area (Å²) in [6.07, 6.45) is 41.0. The van der Waals surface area contributed by atoms with Gasteiger partial charge in [0.1, 0.15) is 6.17 Å². The molecular weight excluding hydrogens is 424 g/mol. The van der Waals surface area contributed by atoms with Gasteiger partial charge in [0.15, 0.2) is 0 Å². The number of hydrogen-bond donors (Lipinski definition) is 0. The van der Waals surface area contributed by atoms with E-state index >= 15 is 0 Å². The molecule has 0 saturated carbocycles. The molecule has 0 amide bonds. The highest BCUT2D eigenvalue weighted by atomic mass is 15.4. The molecule has 1 unspecified atom stereocenters. The number of hydrogen-bond acceptors (Lipinski definition) is 2. The van der Waals surface area contributed by atoms with Gasteiger partial charge in [-0.3, -0.25) is 0 Å². The van der Waals surface area contributed by atoms with Crippen LogP contribution in [-0.2, 0) is 0 Å². The Morgan fingerprint density at radius 2 is 0.657 bits per heavy atom. The molecule has 2 heteroatoms. The third-order valence-electron chi connectivity index (χ3n) is 8.07. The summed E-state index contributed by atoms with van der Waals surface area (Å²) in [6, 6.07) is 0. The second-order valence-corrected chi connectivity index (χ2v) is 11.5. The maximum atomic E-state index is 2.69. The standard InChI is InChI=1S/C33H66N2/c1-4-7-10-12-14-16-17-18-19-21-23-25-28-33-34(29-26-9-6-3)31-32-35(33)30-27-24-22-20-15-13-11-8-5-2/h31-33H,4-30H2,1-3H3. The molecule has 1 atom stereocenters. The summed E-state index contributed by atoms with van der Waals surface area (Å²) in [5.74, 6) is 0. The number of unbranched alkanes of at least 4 members (excludes halogenated alkanes) is 21. The van der Waals surface area contributed by atoms with Gasteiger partial charge in [0.25, 0.3) is 0 Å². The summed E-state index contributed by atoms with van der Waals surface area (Å²) < 4.78 is 0. The van der Waals surface area contributed by atoms with Gasteiger partial charge in [0.05, 0.1) is 0 Å². The van der Waals surface area contributed by atoms with E-state index in [1.807, 2.05) is 0 Å². The van der Waals surface area contributed by atoms with Crippen LogP contribution in [0, 0.1) is 0 Å². The van der Waals surface area contributed by atoms with Crippen molar-refractivity contribution in [3.8, 4) is 0 Å². The Labute approximate surface area is 222 Å². The Morgan fingerprint density at radius 1 is 0.371 bits per heavy atom. The molecule has 0 aromatic heterocycles. The second kappa shape index (κ2) is 25.0. The Bertz CT molecular complexity index is 446. The third-order valence-corrected chi connectivity index (χ3v) is 8.07. The fourth-order valence-electron chi connectivity index (χ4n) is 5.66. The Morgan fingerprint density at radius 3 is 1.06 bits per heavy atom. The maximum Gasteiger partial charge on any atom is 0.101 e. The van der Waals surface area contributed by atoms with Crippen molar-refractivity contribution in [1.29, 1.82) is 0 Å². The van der Waals surface area contributed by atoms with Crippen molar-refractivity contribution in [3.63, 3.8) is 0 Å². The predicted molar refractivity (Wildman–Crippen MR) is 159 cm³/mol. The molecule has 0 bridgehead atoms. The van der Waals surface area contributed by atoms with E-state index in [9.17, 15) is 0 Å². The molecule has 0 aliphatic carbocycles. The zero-order valence-electron chi connectivity index (χ0n) is 24.7. The fourth-order valence-corrected chi connectivity index (χ4v) is 5.66. The van der Waals surface area contributed by atoms with Crippen molar-refractivity contribution >= 4 is 0 Å². The highest BCUT2D eigenvalue weighted by Crippen LogP contribution is 2.24. The van der Waals surface area contributed by atoms with Crippen LogP contribution in [0.15, 0.2) is 12.4 Å². The fraction of sp³-hybridized carbons (Fsp3) is 0.939. The normalized spacial score (nSPS) is 15.6. The number of rotatable bonds is 27. The van der Waals surface area contributed by atoms with Gasteiger partial charge < -0.3 is 9.80 Å². The topological polar surface area (TPSA) is 6.48 Å². The van der Waals surface area contributed by atoms with Crippen LogP contribution in [0.5, 0.6) is 0 Å². The number of nitrogens with zero attached hydrogens (tertiary/aromatic N) is 2. The molecule has 2 nitrogen and oxygen atoms in total. The minimum Gasteiger partial charge on any atom is -0.356 e. The van der Waals surface area contributed by atoms with Crippen molar-refractivity contribution < 1.29 is 0 Å². The van der Waals surface area contributed by atoms with Crippen molar-refractivity contribution in [3.05, 3.63) is 12.4 Å². The highest BCUT2D eigenvalue weighted by Gasteiger charge is 2.24. The van der Waals surface area contributed by atoms with Gasteiger partial charge in [0, 0.05) is 25.5 Å². The SMILES string of the molecule is CCCCCCCCCCCCCCC1N(CCCCC)C=CN1CCCCCCCCCCC. The van der Waals surface area contributed by atoms with Crippen LogP contribution in [-0.4, -0.2) is 29.1 Å². The molecule has 1 aliphatic heterocycles. The van der Waals surface area contributed by atoms with Crippen molar-refractivity contribution in [2.45, 2.75) is 187 Å². The van der Waals surface area contributed by atoms with E-state index in [2.05, 4.69) is 43.0 Å². The minimum atomic E-state index is 0.643. The maximum absolute atomic E-state index is 2.69. The van der Waals surface area contributed by atoms with E-state index in [-0.39, 0.29) is 0 Å². The van der Waals surface area contributed by atoms with Crippen LogP contribution in [0.2, 0.25) is 0 Å². The first-order valence-electron chi connectivity index (χ1n) is 16.5. The molecule has 1 heterocycles. The smallest absolute Gasteiger partial charge is 0.101 e. The van der Waals surface area contributed by atoms with E-state index in [0.717, 1.165) is 0 Å². The second-order valence-electron chi connectivity index (χ2n) is 11.5. The lowest BCUT2D eigenvalue weighted by Crippen LogP contribution is -2.39. The first kappa shape index (κ1) is 32.4. The van der Waals surface area contributed by atoms with E-state index in [0.29, 0.717) is 6.17 Å². The summed E-state index contributed by atoms with van der Waals surface area (Å²) in [5.41, 5.74) is 0. The van der Waals surface area contributed by atoms with Gasteiger partial charge in [-0.05, 0) is 25.7 Å². The van der Waals surface area contributed by atoms with E-state index < -0.39 is 0 Å². The largest absolute Gasteiger partial charge is 0.356 e. The zero-order chi connectivity index (χ0) is 25.2. The Hall–Kier alpha value is -0.660. The quantitative estimate of drug-likeness (QED) is 0.106. The summed E-state index contributed by atoms with van der Waals surface area (Å²) >= 11 is 0. The van der Waals surface area contributed by atoms with Crippen LogP contribution >= 0.6 is 0 Å². The molecule has 0 spiro atoms. The van der Waals surface area contributed by atoms with E-state index in [1.54, 1.807) is 0 Å². The van der Waals surface area contributed by atoms with Crippen molar-refractivity contribution in [2.24, 2.45) is 0 Å². The minimum absolute atomic E-state index is 0.643. The molecule has 0 N–H and O–H groups in total. The average molecular weight is 491 g/mol. The van der Waals surface area contributed by atoms with Crippen LogP contribution in [0.4, 0.5) is 0 Å². The van der Waals surface area contributed by atoms with Crippen LogP contribution in [0.3, 0.4) is 0 Å². The Balaban J connectivity index is 2.15. The van der Waals surface area contributed by atoms with Crippen LogP contribution in [0.1, 0.15) is 181 Å². The molecular formula is C33H66N2. The molecule has 1 aliphatic rings. The van der Waals surface area contributed by atoms with Gasteiger partial charge >= 0.3 is 0 Å². The first-order chi connectivity index (χ1) is 17.3. The van der Waals surface area contributed by atoms with Gasteiger partial charge in [0.2, 0.25) is 0 Å². The molecule has 1 rings (SSSR count). The van der Waals surface area contributed by atoms with Crippen molar-refractivity contribution in [1.82, 2.24) is 9.80 Å². The lowest BCUT2D eigenvalue weighted by atomic mass is 10.0. The van der Waals surface area contributed by atoms with E-state index in [1.165, 1.54) is 174 Å². The highest BCUT2D eigenvalue weighted by molar-refractivity contribution is 4.97. The van der Waals surface area contributed by atoms with Crippen LogP contribution in [0.25, 0.3) is 0 Å². The Kier molecular flexibility index (Phi) is 23.1. The molecule has 0 aromatic rings. The summed E-state index contributed by atoms with van der Waals surface area (Å²) in [4.78, 5) is 5.35. The molecule has 0 radical (unpaired) electrons. The predicted octanol–water partition coefficient (Wildman–Crippen LogP) is 11.2. The monoisotopic (exact) mass is 491 g/mol. The zero-order valence-corrected chi connectivity index (χ0v) is 24.7. The summed E-state index contributed by atoms with van der Waals surface area (Å²) in [7, 11) is 0. The van der Waals surface area contributed by atoms with Gasteiger partial charge in [-0.2, -0.15) is 0 Å². The molecule has 0 saturated heterocycles. The molecule has 0 fully saturated rings. The summed E-state index contributed by atoms with van der Waals surface area (Å²) in [5, 5.41) is 0. The first-order valence-corrected chi connectivity index (χ1v) is 16.5. The van der Waals surface area contributed by atoms with E-state index in [4.69, 9.17) is 0 Å². The molecule has 208 valence electrons. The van der Waals surface area contributed by atoms with Crippen molar-refractivity contribution in [2.75, 3.05) is 13.1 Å².